The van der Waals surface area contributed by atoms with Crippen LogP contribution in [0.1, 0.15) is 22.7 Å². The highest BCUT2D eigenvalue weighted by Crippen LogP contribution is 2.34. The van der Waals surface area contributed by atoms with Gasteiger partial charge in [-0.2, -0.15) is 13.2 Å². The van der Waals surface area contributed by atoms with Crippen molar-refractivity contribution < 1.29 is 18.0 Å². The van der Waals surface area contributed by atoms with Gasteiger partial charge < -0.3 is 16.0 Å². The molecule has 37 heavy (non-hydrogen) atoms. The minimum atomic E-state index is -4.56. The van der Waals surface area contributed by atoms with Gasteiger partial charge in [0, 0.05) is 5.69 Å². The van der Waals surface area contributed by atoms with E-state index in [1.807, 2.05) is 61.5 Å². The number of thiocarbonyl (C=S) groups is 1. The summed E-state index contributed by atoms with van der Waals surface area (Å²) in [7, 11) is 0. The molecular weight excluding hydrogens is 495 g/mol. The molecule has 0 spiro atoms. The van der Waals surface area contributed by atoms with Gasteiger partial charge in [0.25, 0.3) is 5.91 Å². The highest BCUT2D eigenvalue weighted by molar-refractivity contribution is 7.80. The van der Waals surface area contributed by atoms with Crippen molar-refractivity contribution in [2.24, 2.45) is 0 Å². The van der Waals surface area contributed by atoms with Crippen LogP contribution >= 0.6 is 12.2 Å². The standard InChI is InChI=1S/C29H24F3N3OS/c1-19-16-17-22(20-10-4-2-5-11-20)18-25(19)33-27(36)26(21-12-6-3-7-13-21)35-28(37)34-24-15-9-8-14-23(24)29(30,31)32/h2-18,26H,1H3,(H,33,36)(H2,34,35,37). The molecular formula is C29H24F3N3OS. The van der Waals surface area contributed by atoms with E-state index in [2.05, 4.69) is 16.0 Å². The molecule has 8 heteroatoms. The third-order valence-corrected chi connectivity index (χ3v) is 5.97. The zero-order valence-electron chi connectivity index (χ0n) is 19.8. The molecule has 1 unspecified atom stereocenters. The molecule has 0 aliphatic carbocycles. The number of nitrogens with one attached hydrogen (secondary N) is 3. The highest BCUT2D eigenvalue weighted by Gasteiger charge is 2.33. The number of amides is 1. The first-order valence-corrected chi connectivity index (χ1v) is 11.9. The number of carbonyl (C=O) groups excluding carboxylic acids is 1. The Kier molecular flexibility index (Phi) is 7.89. The summed E-state index contributed by atoms with van der Waals surface area (Å²) in [4.78, 5) is 13.5. The minimum Gasteiger partial charge on any atom is -0.347 e. The van der Waals surface area contributed by atoms with Gasteiger partial charge in [-0.15, -0.1) is 0 Å². The SMILES string of the molecule is Cc1ccc(-c2ccccc2)cc1NC(=O)C(NC(=S)Nc1ccccc1C(F)(F)F)c1ccccc1. The number of para-hydroxylation sites is 1. The number of halogens is 3. The average molecular weight is 520 g/mol. The third-order valence-electron chi connectivity index (χ3n) is 5.75. The van der Waals surface area contributed by atoms with Crippen molar-refractivity contribution in [3.8, 4) is 11.1 Å². The van der Waals surface area contributed by atoms with Crippen LogP contribution in [0.3, 0.4) is 0 Å². The van der Waals surface area contributed by atoms with Gasteiger partial charge in [-0.25, -0.2) is 0 Å². The van der Waals surface area contributed by atoms with Crippen LogP contribution in [0, 0.1) is 6.92 Å². The largest absolute Gasteiger partial charge is 0.418 e. The first-order valence-electron chi connectivity index (χ1n) is 11.5. The van der Waals surface area contributed by atoms with E-state index in [9.17, 15) is 18.0 Å². The second kappa shape index (κ2) is 11.3. The fourth-order valence-electron chi connectivity index (χ4n) is 3.85. The quantitative estimate of drug-likeness (QED) is 0.233. The predicted octanol–water partition coefficient (Wildman–Crippen LogP) is 7.35. The van der Waals surface area contributed by atoms with Gasteiger partial charge in [-0.05, 0) is 59.6 Å². The lowest BCUT2D eigenvalue weighted by Crippen LogP contribution is -2.39. The monoisotopic (exact) mass is 519 g/mol. The topological polar surface area (TPSA) is 53.2 Å². The smallest absolute Gasteiger partial charge is 0.347 e. The average Bonchev–Trinajstić information content (AvgIpc) is 2.89. The molecule has 3 N–H and O–H groups in total. The molecule has 4 aromatic carbocycles. The van der Waals surface area contributed by atoms with Crippen LogP contribution in [0.25, 0.3) is 11.1 Å². The number of anilines is 2. The molecule has 188 valence electrons. The van der Waals surface area contributed by atoms with Crippen LogP contribution in [0.5, 0.6) is 0 Å². The van der Waals surface area contributed by atoms with E-state index in [1.54, 1.807) is 24.3 Å². The molecule has 0 bridgehead atoms. The number of hydrogen-bond acceptors (Lipinski definition) is 2. The molecule has 0 radical (unpaired) electrons. The maximum Gasteiger partial charge on any atom is 0.418 e. The Morgan fingerprint density at radius 2 is 1.38 bits per heavy atom. The van der Waals surface area contributed by atoms with Gasteiger partial charge in [0.1, 0.15) is 6.04 Å². The van der Waals surface area contributed by atoms with Crippen LogP contribution in [0.2, 0.25) is 0 Å². The minimum absolute atomic E-state index is 0.115. The normalized spacial score (nSPS) is 11.9. The Balaban J connectivity index is 1.58. The van der Waals surface area contributed by atoms with Crippen LogP contribution in [0.4, 0.5) is 24.5 Å². The van der Waals surface area contributed by atoms with Gasteiger partial charge in [0.05, 0.1) is 11.3 Å². The lowest BCUT2D eigenvalue weighted by atomic mass is 10.0. The zero-order valence-corrected chi connectivity index (χ0v) is 20.7. The number of aryl methyl sites for hydroxylation is 1. The van der Waals surface area contributed by atoms with Crippen LogP contribution in [0.15, 0.2) is 103 Å². The number of rotatable bonds is 6. The highest BCUT2D eigenvalue weighted by atomic mass is 32.1. The number of benzene rings is 4. The van der Waals surface area contributed by atoms with E-state index in [1.165, 1.54) is 18.2 Å². The summed E-state index contributed by atoms with van der Waals surface area (Å²) in [6, 6.07) is 28.5. The van der Waals surface area contributed by atoms with E-state index in [0.29, 0.717) is 11.3 Å². The summed E-state index contributed by atoms with van der Waals surface area (Å²) in [6.45, 7) is 1.88. The maximum atomic E-state index is 13.5. The van der Waals surface area contributed by atoms with Gasteiger partial charge >= 0.3 is 6.18 Å². The predicted molar refractivity (Wildman–Crippen MR) is 145 cm³/mol. The van der Waals surface area contributed by atoms with Crippen molar-refractivity contribution in [3.05, 3.63) is 120 Å². The van der Waals surface area contributed by atoms with Gasteiger partial charge in [-0.3, -0.25) is 4.79 Å². The molecule has 0 saturated heterocycles. The van der Waals surface area contributed by atoms with Gasteiger partial charge in [0.15, 0.2) is 5.11 Å². The Morgan fingerprint density at radius 1 is 0.757 bits per heavy atom. The van der Waals surface area contributed by atoms with Crippen LogP contribution < -0.4 is 16.0 Å². The van der Waals surface area contributed by atoms with E-state index >= 15 is 0 Å². The van der Waals surface area contributed by atoms with Gasteiger partial charge in [0.2, 0.25) is 0 Å². The second-order valence-electron chi connectivity index (χ2n) is 8.37. The molecule has 4 aromatic rings. The van der Waals surface area contributed by atoms with E-state index in [4.69, 9.17) is 12.2 Å². The first-order chi connectivity index (χ1) is 17.7. The number of hydrogen-bond donors (Lipinski definition) is 3. The van der Waals surface area contributed by atoms with Crippen LogP contribution in [-0.4, -0.2) is 11.0 Å². The fraction of sp³-hybridized carbons (Fsp3) is 0.103. The van der Waals surface area contributed by atoms with Crippen LogP contribution in [-0.2, 0) is 11.0 Å². The molecule has 0 heterocycles. The lowest BCUT2D eigenvalue weighted by Gasteiger charge is -2.22. The van der Waals surface area contributed by atoms with Crippen molar-refractivity contribution in [2.45, 2.75) is 19.1 Å². The van der Waals surface area contributed by atoms with Crippen molar-refractivity contribution >= 4 is 34.6 Å². The summed E-state index contributed by atoms with van der Waals surface area (Å²) in [5, 5.41) is 8.33. The Bertz CT molecular complexity index is 1390. The first kappa shape index (κ1) is 25.9. The van der Waals surface area contributed by atoms with E-state index < -0.39 is 23.7 Å². The second-order valence-corrected chi connectivity index (χ2v) is 8.78. The summed E-state index contributed by atoms with van der Waals surface area (Å²) in [6.07, 6.45) is -4.56. The Labute approximate surface area is 218 Å². The molecule has 0 aliphatic heterocycles. The molecule has 0 saturated carbocycles. The summed E-state index contributed by atoms with van der Waals surface area (Å²) in [5.74, 6) is -0.409. The lowest BCUT2D eigenvalue weighted by molar-refractivity contribution is -0.137. The number of carbonyl (C=O) groups is 1. The third kappa shape index (κ3) is 6.54. The Morgan fingerprint density at radius 3 is 2.05 bits per heavy atom. The van der Waals surface area contributed by atoms with E-state index in [0.717, 1.165) is 22.8 Å². The molecule has 0 aromatic heterocycles. The van der Waals surface area contributed by atoms with Crippen molar-refractivity contribution in [2.75, 3.05) is 10.6 Å². The summed E-state index contributed by atoms with van der Waals surface area (Å²) >= 11 is 5.32. The summed E-state index contributed by atoms with van der Waals surface area (Å²) < 4.78 is 40.3. The summed E-state index contributed by atoms with van der Waals surface area (Å²) in [5.41, 5.74) is 2.97. The molecule has 4 rings (SSSR count). The van der Waals surface area contributed by atoms with Crippen molar-refractivity contribution in [1.29, 1.82) is 0 Å². The Hall–Kier alpha value is -4.17. The molecule has 0 fully saturated rings. The fourth-order valence-corrected chi connectivity index (χ4v) is 4.07. The molecule has 1 amide bonds. The molecule has 4 nitrogen and oxygen atoms in total. The number of alkyl halides is 3. The van der Waals surface area contributed by atoms with Crippen molar-refractivity contribution in [1.82, 2.24) is 5.32 Å². The maximum absolute atomic E-state index is 13.5. The molecule has 1 atom stereocenters. The van der Waals surface area contributed by atoms with Crippen molar-refractivity contribution in [3.63, 3.8) is 0 Å². The zero-order chi connectivity index (χ0) is 26.4. The molecule has 0 aliphatic rings. The van der Waals surface area contributed by atoms with E-state index in [-0.39, 0.29) is 10.8 Å². The van der Waals surface area contributed by atoms with Gasteiger partial charge in [-0.1, -0.05) is 84.9 Å².